The molecule has 2 N–H and O–H groups in total. The Balaban J connectivity index is 1.40. The van der Waals surface area contributed by atoms with Crippen molar-refractivity contribution in [3.05, 3.63) is 11.7 Å². The molecule has 2 aliphatic rings. The van der Waals surface area contributed by atoms with Gasteiger partial charge in [-0.2, -0.15) is 4.98 Å². The molecule has 1 atom stereocenters. The van der Waals surface area contributed by atoms with Gasteiger partial charge >= 0.3 is 0 Å². The van der Waals surface area contributed by atoms with Crippen LogP contribution in [-0.4, -0.2) is 35.2 Å². The standard InChI is InChI=1S/C20H34N4O2/c1-14(21-2)12-18-23-20(26-24-18)16-8-10-17(11-9-16)22-19(25)13-15-6-4-3-5-7-15/h14-17,21H,3-13H2,1-2H3,(H,22,25). The zero-order chi connectivity index (χ0) is 18.4. The van der Waals surface area contributed by atoms with Crippen LogP contribution in [0.25, 0.3) is 0 Å². The summed E-state index contributed by atoms with van der Waals surface area (Å²) in [5.41, 5.74) is 0. The van der Waals surface area contributed by atoms with E-state index in [1.54, 1.807) is 0 Å². The molecule has 0 saturated heterocycles. The number of aromatic nitrogens is 2. The third-order valence-electron chi connectivity index (χ3n) is 6.11. The van der Waals surface area contributed by atoms with Crippen LogP contribution in [0.2, 0.25) is 0 Å². The van der Waals surface area contributed by atoms with Crippen LogP contribution in [0.4, 0.5) is 0 Å². The molecule has 146 valence electrons. The Morgan fingerprint density at radius 3 is 2.58 bits per heavy atom. The largest absolute Gasteiger partial charge is 0.353 e. The van der Waals surface area contributed by atoms with Gasteiger partial charge < -0.3 is 15.2 Å². The van der Waals surface area contributed by atoms with E-state index >= 15 is 0 Å². The Hall–Kier alpha value is -1.43. The fourth-order valence-electron chi connectivity index (χ4n) is 4.32. The molecule has 0 aromatic carbocycles. The summed E-state index contributed by atoms with van der Waals surface area (Å²) in [7, 11) is 1.94. The summed E-state index contributed by atoms with van der Waals surface area (Å²) >= 11 is 0. The first-order valence-electron chi connectivity index (χ1n) is 10.4. The number of rotatable bonds is 7. The number of amides is 1. The molecule has 0 aliphatic heterocycles. The topological polar surface area (TPSA) is 80.0 Å². The number of hydrogen-bond acceptors (Lipinski definition) is 5. The molecule has 1 unspecified atom stereocenters. The highest BCUT2D eigenvalue weighted by Gasteiger charge is 2.28. The van der Waals surface area contributed by atoms with Crippen LogP contribution in [0.1, 0.15) is 88.8 Å². The molecule has 6 nitrogen and oxygen atoms in total. The predicted molar refractivity (Wildman–Crippen MR) is 101 cm³/mol. The van der Waals surface area contributed by atoms with Gasteiger partial charge in [0, 0.05) is 30.8 Å². The van der Waals surface area contributed by atoms with Gasteiger partial charge in [0.2, 0.25) is 11.8 Å². The Labute approximate surface area is 156 Å². The van der Waals surface area contributed by atoms with Gasteiger partial charge in [-0.1, -0.05) is 24.4 Å². The van der Waals surface area contributed by atoms with Crippen LogP contribution in [0, 0.1) is 5.92 Å². The van der Waals surface area contributed by atoms with Gasteiger partial charge in [0.15, 0.2) is 5.82 Å². The second-order valence-electron chi connectivity index (χ2n) is 8.27. The Morgan fingerprint density at radius 2 is 1.88 bits per heavy atom. The smallest absolute Gasteiger partial charge is 0.229 e. The number of likely N-dealkylation sites (N-methyl/N-ethyl adjacent to an activating group) is 1. The molecule has 0 spiro atoms. The van der Waals surface area contributed by atoms with E-state index in [9.17, 15) is 4.79 Å². The summed E-state index contributed by atoms with van der Waals surface area (Å²) < 4.78 is 5.49. The zero-order valence-electron chi connectivity index (χ0n) is 16.3. The molecule has 2 aliphatic carbocycles. The van der Waals surface area contributed by atoms with Crippen molar-refractivity contribution < 1.29 is 9.32 Å². The molecule has 1 aromatic heterocycles. The maximum Gasteiger partial charge on any atom is 0.229 e. The van der Waals surface area contributed by atoms with Gasteiger partial charge in [-0.3, -0.25) is 4.79 Å². The molecule has 2 fully saturated rings. The molecule has 3 rings (SSSR count). The normalized spacial score (nSPS) is 25.8. The van der Waals surface area contributed by atoms with Crippen molar-refractivity contribution in [3.63, 3.8) is 0 Å². The summed E-state index contributed by atoms with van der Waals surface area (Å²) in [6.07, 6.45) is 11.9. The molecule has 0 radical (unpaired) electrons. The van der Waals surface area contributed by atoms with Crippen molar-refractivity contribution in [2.24, 2.45) is 5.92 Å². The van der Waals surface area contributed by atoms with Crippen molar-refractivity contribution in [1.29, 1.82) is 0 Å². The molecule has 6 heteroatoms. The number of carbonyl (C=O) groups excluding carboxylic acids is 1. The molecule has 26 heavy (non-hydrogen) atoms. The van der Waals surface area contributed by atoms with Gasteiger partial charge in [-0.15, -0.1) is 0 Å². The first kappa shape index (κ1) is 19.3. The van der Waals surface area contributed by atoms with E-state index in [4.69, 9.17) is 4.52 Å². The van der Waals surface area contributed by atoms with Crippen LogP contribution >= 0.6 is 0 Å². The summed E-state index contributed by atoms with van der Waals surface area (Å²) in [4.78, 5) is 16.9. The Kier molecular flexibility index (Phi) is 7.06. The van der Waals surface area contributed by atoms with Crippen LogP contribution in [0.15, 0.2) is 4.52 Å². The lowest BCUT2D eigenvalue weighted by molar-refractivity contribution is -0.123. The number of carbonyl (C=O) groups is 1. The lowest BCUT2D eigenvalue weighted by atomic mass is 9.85. The van der Waals surface area contributed by atoms with E-state index in [0.717, 1.165) is 50.2 Å². The summed E-state index contributed by atoms with van der Waals surface area (Å²) in [5, 5.41) is 10.6. The van der Waals surface area contributed by atoms with Crippen LogP contribution in [-0.2, 0) is 11.2 Å². The number of nitrogens with one attached hydrogen (secondary N) is 2. The zero-order valence-corrected chi connectivity index (χ0v) is 16.3. The predicted octanol–water partition coefficient (Wildman–Crippen LogP) is 3.33. The fourth-order valence-corrected chi connectivity index (χ4v) is 4.32. The van der Waals surface area contributed by atoms with Crippen molar-refractivity contribution in [3.8, 4) is 0 Å². The fraction of sp³-hybridized carbons (Fsp3) is 0.850. The van der Waals surface area contributed by atoms with Crippen molar-refractivity contribution in [2.45, 2.75) is 95.6 Å². The minimum atomic E-state index is 0.251. The molecule has 1 amide bonds. The SMILES string of the molecule is CNC(C)Cc1noc(C2CCC(NC(=O)CC3CCCCC3)CC2)n1. The summed E-state index contributed by atoms with van der Waals surface area (Å²) in [6, 6.07) is 0.657. The maximum atomic E-state index is 12.3. The van der Waals surface area contributed by atoms with Crippen LogP contribution < -0.4 is 10.6 Å². The van der Waals surface area contributed by atoms with Crippen molar-refractivity contribution >= 4 is 5.91 Å². The summed E-state index contributed by atoms with van der Waals surface area (Å²) in [6.45, 7) is 2.11. The second-order valence-corrected chi connectivity index (χ2v) is 8.27. The highest BCUT2D eigenvalue weighted by molar-refractivity contribution is 5.76. The number of hydrogen-bond donors (Lipinski definition) is 2. The second kappa shape index (κ2) is 9.49. The third kappa shape index (κ3) is 5.53. The molecular weight excluding hydrogens is 328 g/mol. The first-order chi connectivity index (χ1) is 12.6. The monoisotopic (exact) mass is 362 g/mol. The van der Waals surface area contributed by atoms with E-state index < -0.39 is 0 Å². The van der Waals surface area contributed by atoms with E-state index in [1.807, 2.05) is 7.05 Å². The third-order valence-corrected chi connectivity index (χ3v) is 6.11. The molecule has 1 aromatic rings. The molecule has 1 heterocycles. The Morgan fingerprint density at radius 1 is 1.15 bits per heavy atom. The lowest BCUT2D eigenvalue weighted by Gasteiger charge is -2.28. The summed E-state index contributed by atoms with van der Waals surface area (Å²) in [5.74, 6) is 2.76. The maximum absolute atomic E-state index is 12.3. The van der Waals surface area contributed by atoms with Crippen molar-refractivity contribution in [2.75, 3.05) is 7.05 Å². The van der Waals surface area contributed by atoms with Gasteiger partial charge in [0.05, 0.1) is 0 Å². The first-order valence-corrected chi connectivity index (χ1v) is 10.4. The average molecular weight is 363 g/mol. The van der Waals surface area contributed by atoms with E-state index in [2.05, 4.69) is 27.7 Å². The van der Waals surface area contributed by atoms with Crippen LogP contribution in [0.3, 0.4) is 0 Å². The number of nitrogens with zero attached hydrogens (tertiary/aromatic N) is 2. The van der Waals surface area contributed by atoms with Gasteiger partial charge in [0.25, 0.3) is 0 Å². The highest BCUT2D eigenvalue weighted by Crippen LogP contribution is 2.32. The van der Waals surface area contributed by atoms with Crippen LogP contribution in [0.5, 0.6) is 0 Å². The van der Waals surface area contributed by atoms with Gasteiger partial charge in [-0.05, 0) is 58.4 Å². The quantitative estimate of drug-likeness (QED) is 0.778. The molecular formula is C20H34N4O2. The van der Waals surface area contributed by atoms with Gasteiger partial charge in [0.1, 0.15) is 0 Å². The van der Waals surface area contributed by atoms with Gasteiger partial charge in [-0.25, -0.2) is 0 Å². The van der Waals surface area contributed by atoms with E-state index in [1.165, 1.54) is 32.1 Å². The Bertz CT molecular complexity index is 560. The van der Waals surface area contributed by atoms with Crippen molar-refractivity contribution in [1.82, 2.24) is 20.8 Å². The average Bonchev–Trinajstić information content (AvgIpc) is 3.11. The minimum absolute atomic E-state index is 0.251. The highest BCUT2D eigenvalue weighted by atomic mass is 16.5. The lowest BCUT2D eigenvalue weighted by Crippen LogP contribution is -2.38. The minimum Gasteiger partial charge on any atom is -0.353 e. The van der Waals surface area contributed by atoms with E-state index in [-0.39, 0.29) is 5.91 Å². The molecule has 0 bridgehead atoms. The van der Waals surface area contributed by atoms with E-state index in [0.29, 0.717) is 23.9 Å². The molecule has 2 saturated carbocycles.